The number of hydrogen-bond acceptors (Lipinski definition) is 6. The van der Waals surface area contributed by atoms with Crippen molar-refractivity contribution < 1.29 is 14.6 Å². The molecule has 186 valence electrons. The summed E-state index contributed by atoms with van der Waals surface area (Å²) < 4.78 is 7.98. The van der Waals surface area contributed by atoms with Crippen LogP contribution in [-0.2, 0) is 29.4 Å². The third kappa shape index (κ3) is 5.04. The smallest absolute Gasteiger partial charge is 0.325 e. The average molecular weight is 478 g/mol. The second-order valence-corrected chi connectivity index (χ2v) is 9.77. The minimum absolute atomic E-state index is 0.0668. The number of hydrogen-bond donors (Lipinski definition) is 2. The number of benzene rings is 1. The Morgan fingerprint density at radius 1 is 1.29 bits per heavy atom. The number of carboxylic acids is 1. The number of carboxylic acid groups (broad SMARTS) is 1. The average Bonchev–Trinajstić information content (AvgIpc) is 3.43. The van der Waals surface area contributed by atoms with E-state index in [1.165, 1.54) is 12.0 Å². The van der Waals surface area contributed by atoms with Crippen molar-refractivity contribution in [3.05, 3.63) is 52.8 Å². The second-order valence-electron chi connectivity index (χ2n) is 9.77. The molecule has 8 nitrogen and oxygen atoms in total. The van der Waals surface area contributed by atoms with Gasteiger partial charge in [0.15, 0.2) is 0 Å². The molecule has 5 rings (SSSR count). The van der Waals surface area contributed by atoms with Gasteiger partial charge in [-0.3, -0.25) is 14.4 Å². The SMILES string of the molecule is Cc1nn(C)c2cccc([C@@H](C(=O)O)N3CC[C@@H](OCCCCc4ccc5c(n4)NCCC5)C3)c12. The molecule has 1 fully saturated rings. The van der Waals surface area contributed by atoms with Crippen molar-refractivity contribution >= 4 is 22.7 Å². The van der Waals surface area contributed by atoms with Gasteiger partial charge in [-0.15, -0.1) is 0 Å². The number of fused-ring (bicyclic) bond motifs is 2. The number of anilines is 1. The molecule has 0 unspecified atom stereocenters. The number of carbonyl (C=O) groups is 1. The number of aryl methyl sites for hydroxylation is 4. The standard InChI is InChI=1S/C27H35N5O3/c1-18-24-22(9-5-10-23(24)31(2)30-18)25(27(33)34)32-15-13-21(17-32)35-16-4-3-8-20-12-11-19-7-6-14-28-26(19)29-20/h5,9-12,21,25H,3-4,6-8,13-17H2,1-2H3,(H,28,29)(H,33,34)/t21-,25+/m1/s1. The third-order valence-electron chi connectivity index (χ3n) is 7.29. The van der Waals surface area contributed by atoms with Crippen molar-refractivity contribution in [1.29, 1.82) is 0 Å². The van der Waals surface area contributed by atoms with Gasteiger partial charge in [0.1, 0.15) is 11.9 Å². The van der Waals surface area contributed by atoms with E-state index in [0.29, 0.717) is 19.7 Å². The molecule has 8 heteroatoms. The zero-order chi connectivity index (χ0) is 24.4. The van der Waals surface area contributed by atoms with Gasteiger partial charge in [-0.05, 0) is 68.7 Å². The number of unbranched alkanes of at least 4 members (excludes halogenated alkanes) is 1. The predicted octanol–water partition coefficient (Wildman–Crippen LogP) is 3.87. The number of pyridine rings is 1. The number of rotatable bonds is 9. The van der Waals surface area contributed by atoms with Crippen molar-refractivity contribution in [2.75, 3.05) is 31.6 Å². The van der Waals surface area contributed by atoms with Crippen molar-refractivity contribution in [2.45, 2.75) is 57.6 Å². The zero-order valence-corrected chi connectivity index (χ0v) is 20.7. The van der Waals surface area contributed by atoms with Crippen LogP contribution in [0.2, 0.25) is 0 Å². The van der Waals surface area contributed by atoms with Gasteiger partial charge in [-0.2, -0.15) is 5.10 Å². The molecule has 1 saturated heterocycles. The van der Waals surface area contributed by atoms with Crippen molar-refractivity contribution in [1.82, 2.24) is 19.7 Å². The van der Waals surface area contributed by atoms with Gasteiger partial charge in [0.25, 0.3) is 0 Å². The fourth-order valence-corrected chi connectivity index (χ4v) is 5.55. The van der Waals surface area contributed by atoms with Gasteiger partial charge in [0.05, 0.1) is 17.3 Å². The molecule has 4 heterocycles. The highest BCUT2D eigenvalue weighted by atomic mass is 16.5. The predicted molar refractivity (Wildman–Crippen MR) is 136 cm³/mol. The van der Waals surface area contributed by atoms with Crippen LogP contribution in [0.15, 0.2) is 30.3 Å². The van der Waals surface area contributed by atoms with Crippen LogP contribution in [0.1, 0.15) is 54.2 Å². The Hall–Kier alpha value is -2.97. The first kappa shape index (κ1) is 23.8. The number of ether oxygens (including phenoxy) is 1. The van der Waals surface area contributed by atoms with Crippen LogP contribution in [0, 0.1) is 6.92 Å². The maximum Gasteiger partial charge on any atom is 0.325 e. The van der Waals surface area contributed by atoms with Gasteiger partial charge in [-0.25, -0.2) is 4.98 Å². The zero-order valence-electron chi connectivity index (χ0n) is 20.7. The summed E-state index contributed by atoms with van der Waals surface area (Å²) >= 11 is 0. The Bertz CT molecular complexity index is 1210. The van der Waals surface area contributed by atoms with Crippen LogP contribution in [0.3, 0.4) is 0 Å². The topological polar surface area (TPSA) is 92.5 Å². The van der Waals surface area contributed by atoms with E-state index in [-0.39, 0.29) is 6.10 Å². The van der Waals surface area contributed by atoms with E-state index in [1.807, 2.05) is 41.8 Å². The van der Waals surface area contributed by atoms with Gasteiger partial charge < -0.3 is 15.2 Å². The molecule has 0 spiro atoms. The summed E-state index contributed by atoms with van der Waals surface area (Å²) in [6, 6.07) is 9.50. The van der Waals surface area contributed by atoms with Crippen molar-refractivity contribution in [3.8, 4) is 0 Å². The molecule has 0 amide bonds. The van der Waals surface area contributed by atoms with E-state index in [2.05, 4.69) is 22.5 Å². The highest BCUT2D eigenvalue weighted by Crippen LogP contribution is 2.33. The summed E-state index contributed by atoms with van der Waals surface area (Å²) in [5, 5.41) is 19.0. The quantitative estimate of drug-likeness (QED) is 0.452. The molecule has 3 aromatic rings. The van der Waals surface area contributed by atoms with E-state index in [0.717, 1.165) is 72.3 Å². The molecular weight excluding hydrogens is 442 g/mol. The first-order valence-corrected chi connectivity index (χ1v) is 12.7. The molecular formula is C27H35N5O3. The highest BCUT2D eigenvalue weighted by molar-refractivity contribution is 5.90. The molecule has 2 aliphatic rings. The number of nitrogens with one attached hydrogen (secondary N) is 1. The van der Waals surface area contributed by atoms with E-state index < -0.39 is 12.0 Å². The lowest BCUT2D eigenvalue weighted by Crippen LogP contribution is -2.33. The minimum Gasteiger partial charge on any atom is -0.480 e. The fourth-order valence-electron chi connectivity index (χ4n) is 5.55. The van der Waals surface area contributed by atoms with E-state index in [9.17, 15) is 9.90 Å². The summed E-state index contributed by atoms with van der Waals surface area (Å²) in [4.78, 5) is 19.2. The Balaban J connectivity index is 1.14. The summed E-state index contributed by atoms with van der Waals surface area (Å²) in [6.07, 6.45) is 6.16. The van der Waals surface area contributed by atoms with Gasteiger partial charge in [-0.1, -0.05) is 18.2 Å². The van der Waals surface area contributed by atoms with E-state index in [1.54, 1.807) is 0 Å². The Kier molecular flexibility index (Phi) is 7.02. The molecule has 2 atom stereocenters. The number of nitrogens with zero attached hydrogens (tertiary/aromatic N) is 4. The molecule has 35 heavy (non-hydrogen) atoms. The highest BCUT2D eigenvalue weighted by Gasteiger charge is 2.35. The van der Waals surface area contributed by atoms with Crippen LogP contribution in [0.25, 0.3) is 10.9 Å². The maximum atomic E-state index is 12.4. The van der Waals surface area contributed by atoms with Crippen LogP contribution < -0.4 is 5.32 Å². The first-order valence-electron chi connectivity index (χ1n) is 12.7. The van der Waals surface area contributed by atoms with Crippen LogP contribution >= 0.6 is 0 Å². The Morgan fingerprint density at radius 2 is 2.17 bits per heavy atom. The Morgan fingerprint density at radius 3 is 3.03 bits per heavy atom. The number of aromatic nitrogens is 3. The molecule has 0 saturated carbocycles. The molecule has 0 aliphatic carbocycles. The summed E-state index contributed by atoms with van der Waals surface area (Å²) in [7, 11) is 1.90. The molecule has 2 aromatic heterocycles. The molecule has 1 aromatic carbocycles. The first-order chi connectivity index (χ1) is 17.0. The molecule has 0 radical (unpaired) electrons. The minimum atomic E-state index is -0.826. The fraction of sp³-hybridized carbons (Fsp3) is 0.519. The third-order valence-corrected chi connectivity index (χ3v) is 7.29. The summed E-state index contributed by atoms with van der Waals surface area (Å²) in [6.45, 7) is 4.98. The van der Waals surface area contributed by atoms with Gasteiger partial charge in [0.2, 0.25) is 0 Å². The largest absolute Gasteiger partial charge is 0.480 e. The van der Waals surface area contributed by atoms with E-state index in [4.69, 9.17) is 9.72 Å². The summed E-state index contributed by atoms with van der Waals surface area (Å²) in [5.74, 6) is 0.231. The normalized spacial score (nSPS) is 19.0. The lowest BCUT2D eigenvalue weighted by atomic mass is 9.99. The van der Waals surface area contributed by atoms with Crippen LogP contribution in [-0.4, -0.2) is 63.1 Å². The monoisotopic (exact) mass is 477 g/mol. The second kappa shape index (κ2) is 10.3. The molecule has 0 bridgehead atoms. The van der Waals surface area contributed by atoms with Gasteiger partial charge in [0, 0.05) is 44.4 Å². The summed E-state index contributed by atoms with van der Waals surface area (Å²) in [5.41, 5.74) is 5.09. The van der Waals surface area contributed by atoms with Crippen LogP contribution in [0.5, 0.6) is 0 Å². The van der Waals surface area contributed by atoms with Crippen molar-refractivity contribution in [2.24, 2.45) is 7.05 Å². The lowest BCUT2D eigenvalue weighted by Gasteiger charge is -2.25. The lowest BCUT2D eigenvalue weighted by molar-refractivity contribution is -0.143. The number of aliphatic carboxylic acids is 1. The van der Waals surface area contributed by atoms with Gasteiger partial charge >= 0.3 is 5.97 Å². The molecule has 2 aliphatic heterocycles. The number of likely N-dealkylation sites (tertiary alicyclic amines) is 1. The van der Waals surface area contributed by atoms with E-state index >= 15 is 0 Å². The maximum absolute atomic E-state index is 12.4. The van der Waals surface area contributed by atoms with Crippen LogP contribution in [0.4, 0.5) is 5.82 Å². The Labute approximate surface area is 206 Å². The molecule has 2 N–H and O–H groups in total. The van der Waals surface area contributed by atoms with Crippen molar-refractivity contribution in [3.63, 3.8) is 0 Å².